The summed E-state index contributed by atoms with van der Waals surface area (Å²) >= 11 is 0. The molecule has 0 saturated carbocycles. The minimum absolute atomic E-state index is 0.757. The van der Waals surface area contributed by atoms with Gasteiger partial charge < -0.3 is 15.5 Å². The van der Waals surface area contributed by atoms with E-state index in [1.165, 1.54) is 0 Å². The molecule has 0 fully saturated rings. The lowest BCUT2D eigenvalue weighted by atomic mass is 10.2. The molecule has 1 heterocycles. The molecule has 4 nitrogen and oxygen atoms in total. The SMILES string of the molecule is Cc1cnc(N(C)CCCN(C)C)c(N)c1. The summed E-state index contributed by atoms with van der Waals surface area (Å²) in [6, 6.07) is 1.96. The highest BCUT2D eigenvalue weighted by Gasteiger charge is 2.06. The first-order valence-electron chi connectivity index (χ1n) is 5.58. The zero-order valence-electron chi connectivity index (χ0n) is 10.7. The van der Waals surface area contributed by atoms with Crippen LogP contribution in [-0.4, -0.2) is 44.1 Å². The summed E-state index contributed by atoms with van der Waals surface area (Å²) in [6.45, 7) is 4.05. The van der Waals surface area contributed by atoms with Crippen molar-refractivity contribution in [3.8, 4) is 0 Å². The highest BCUT2D eigenvalue weighted by molar-refractivity contribution is 5.62. The van der Waals surface area contributed by atoms with E-state index in [0.29, 0.717) is 0 Å². The first-order chi connectivity index (χ1) is 7.50. The van der Waals surface area contributed by atoms with E-state index >= 15 is 0 Å². The fraction of sp³-hybridized carbons (Fsp3) is 0.583. The fourth-order valence-electron chi connectivity index (χ4n) is 1.63. The van der Waals surface area contributed by atoms with Crippen LogP contribution in [0.2, 0.25) is 0 Å². The zero-order chi connectivity index (χ0) is 12.1. The van der Waals surface area contributed by atoms with Gasteiger partial charge >= 0.3 is 0 Å². The Morgan fingerprint density at radius 3 is 2.50 bits per heavy atom. The second-order valence-corrected chi connectivity index (χ2v) is 4.50. The maximum Gasteiger partial charge on any atom is 0.151 e. The number of pyridine rings is 1. The molecular weight excluding hydrogens is 200 g/mol. The number of hydrogen-bond donors (Lipinski definition) is 1. The third kappa shape index (κ3) is 3.70. The van der Waals surface area contributed by atoms with Gasteiger partial charge in [0.2, 0.25) is 0 Å². The molecule has 0 saturated heterocycles. The Morgan fingerprint density at radius 1 is 1.25 bits per heavy atom. The Labute approximate surface area is 98.1 Å². The number of hydrogen-bond acceptors (Lipinski definition) is 4. The molecule has 2 N–H and O–H groups in total. The normalized spacial score (nSPS) is 10.8. The van der Waals surface area contributed by atoms with Gasteiger partial charge in [0.15, 0.2) is 5.82 Å². The highest BCUT2D eigenvalue weighted by atomic mass is 15.2. The molecule has 0 amide bonds. The van der Waals surface area contributed by atoms with Crippen molar-refractivity contribution in [1.82, 2.24) is 9.88 Å². The van der Waals surface area contributed by atoms with Gasteiger partial charge in [-0.15, -0.1) is 0 Å². The number of nitrogen functional groups attached to an aromatic ring is 1. The van der Waals surface area contributed by atoms with Crippen molar-refractivity contribution in [1.29, 1.82) is 0 Å². The molecule has 0 spiro atoms. The first-order valence-corrected chi connectivity index (χ1v) is 5.58. The van der Waals surface area contributed by atoms with Crippen LogP contribution >= 0.6 is 0 Å². The van der Waals surface area contributed by atoms with Crippen molar-refractivity contribution in [2.24, 2.45) is 0 Å². The molecule has 0 unspecified atom stereocenters. The summed E-state index contributed by atoms with van der Waals surface area (Å²) in [6.07, 6.45) is 2.96. The standard InChI is InChI=1S/C12H22N4/c1-10-8-11(13)12(14-9-10)16(4)7-5-6-15(2)3/h8-9H,5-7,13H2,1-4H3. The van der Waals surface area contributed by atoms with E-state index in [2.05, 4.69) is 28.9 Å². The number of rotatable bonds is 5. The second-order valence-electron chi connectivity index (χ2n) is 4.50. The molecule has 1 aromatic rings. The molecule has 0 aliphatic carbocycles. The maximum atomic E-state index is 5.94. The summed E-state index contributed by atoms with van der Waals surface area (Å²) in [5.74, 6) is 0.879. The summed E-state index contributed by atoms with van der Waals surface area (Å²) in [7, 11) is 6.20. The minimum Gasteiger partial charge on any atom is -0.396 e. The Bertz CT molecular complexity index is 336. The average molecular weight is 222 g/mol. The van der Waals surface area contributed by atoms with Gasteiger partial charge in [0, 0.05) is 19.8 Å². The molecule has 1 aromatic heterocycles. The minimum atomic E-state index is 0.757. The highest BCUT2D eigenvalue weighted by Crippen LogP contribution is 2.19. The lowest BCUT2D eigenvalue weighted by Crippen LogP contribution is -2.24. The third-order valence-corrected chi connectivity index (χ3v) is 2.49. The largest absolute Gasteiger partial charge is 0.396 e. The van der Waals surface area contributed by atoms with E-state index in [0.717, 1.165) is 36.6 Å². The van der Waals surface area contributed by atoms with Crippen LogP contribution in [0.1, 0.15) is 12.0 Å². The Balaban J connectivity index is 2.55. The zero-order valence-corrected chi connectivity index (χ0v) is 10.7. The van der Waals surface area contributed by atoms with Crippen molar-refractivity contribution in [3.05, 3.63) is 17.8 Å². The van der Waals surface area contributed by atoms with E-state index in [1.807, 2.05) is 26.2 Å². The van der Waals surface area contributed by atoms with Crippen molar-refractivity contribution in [2.45, 2.75) is 13.3 Å². The Kier molecular flexibility index (Phi) is 4.55. The monoisotopic (exact) mass is 222 g/mol. The average Bonchev–Trinajstić information content (AvgIpc) is 2.16. The van der Waals surface area contributed by atoms with Crippen molar-refractivity contribution < 1.29 is 0 Å². The molecule has 0 atom stereocenters. The summed E-state index contributed by atoms with van der Waals surface area (Å²) in [5, 5.41) is 0. The molecule has 1 rings (SSSR count). The maximum absolute atomic E-state index is 5.94. The number of aromatic nitrogens is 1. The quantitative estimate of drug-likeness (QED) is 0.817. The van der Waals surface area contributed by atoms with Crippen LogP contribution in [0.15, 0.2) is 12.3 Å². The summed E-state index contributed by atoms with van der Waals surface area (Å²) < 4.78 is 0. The van der Waals surface area contributed by atoms with E-state index in [-0.39, 0.29) is 0 Å². The number of nitrogens with zero attached hydrogens (tertiary/aromatic N) is 3. The predicted octanol–water partition coefficient (Wildman–Crippen LogP) is 1.36. The van der Waals surface area contributed by atoms with E-state index in [4.69, 9.17) is 5.73 Å². The fourth-order valence-corrected chi connectivity index (χ4v) is 1.63. The lowest BCUT2D eigenvalue weighted by molar-refractivity contribution is 0.401. The van der Waals surface area contributed by atoms with Gasteiger partial charge in [-0.2, -0.15) is 0 Å². The van der Waals surface area contributed by atoms with Crippen LogP contribution in [0.3, 0.4) is 0 Å². The number of aryl methyl sites for hydroxylation is 1. The molecule has 90 valence electrons. The summed E-state index contributed by atoms with van der Waals surface area (Å²) in [4.78, 5) is 8.65. The van der Waals surface area contributed by atoms with E-state index < -0.39 is 0 Å². The number of anilines is 2. The molecule has 0 bridgehead atoms. The van der Waals surface area contributed by atoms with Gasteiger partial charge in [0.1, 0.15) is 0 Å². The molecule has 0 aliphatic heterocycles. The molecule has 4 heteroatoms. The molecule has 0 radical (unpaired) electrons. The molecular formula is C12H22N4. The van der Waals surface area contributed by atoms with Crippen LogP contribution in [-0.2, 0) is 0 Å². The van der Waals surface area contributed by atoms with Gasteiger partial charge in [-0.25, -0.2) is 4.98 Å². The molecule has 0 aliphatic rings. The van der Waals surface area contributed by atoms with Crippen molar-refractivity contribution in [3.63, 3.8) is 0 Å². The van der Waals surface area contributed by atoms with Crippen LogP contribution in [0, 0.1) is 6.92 Å². The first kappa shape index (κ1) is 12.8. The van der Waals surface area contributed by atoms with E-state index in [1.54, 1.807) is 0 Å². The predicted molar refractivity (Wildman–Crippen MR) is 69.8 cm³/mol. The van der Waals surface area contributed by atoms with Crippen LogP contribution in [0.5, 0.6) is 0 Å². The van der Waals surface area contributed by atoms with E-state index in [9.17, 15) is 0 Å². The van der Waals surface area contributed by atoms with Crippen LogP contribution < -0.4 is 10.6 Å². The number of nitrogens with two attached hydrogens (primary N) is 1. The lowest BCUT2D eigenvalue weighted by Gasteiger charge is -2.20. The van der Waals surface area contributed by atoms with Gasteiger partial charge in [-0.1, -0.05) is 0 Å². The van der Waals surface area contributed by atoms with Gasteiger partial charge in [0.05, 0.1) is 5.69 Å². The van der Waals surface area contributed by atoms with Crippen LogP contribution in [0.25, 0.3) is 0 Å². The van der Waals surface area contributed by atoms with Gasteiger partial charge in [0.25, 0.3) is 0 Å². The smallest absolute Gasteiger partial charge is 0.151 e. The third-order valence-electron chi connectivity index (χ3n) is 2.49. The van der Waals surface area contributed by atoms with Gasteiger partial charge in [-0.05, 0) is 45.6 Å². The van der Waals surface area contributed by atoms with Crippen molar-refractivity contribution in [2.75, 3.05) is 44.9 Å². The van der Waals surface area contributed by atoms with Gasteiger partial charge in [-0.3, -0.25) is 0 Å². The van der Waals surface area contributed by atoms with Crippen LogP contribution in [0.4, 0.5) is 11.5 Å². The Hall–Kier alpha value is -1.29. The molecule has 16 heavy (non-hydrogen) atoms. The molecule has 0 aromatic carbocycles. The Morgan fingerprint density at radius 2 is 1.94 bits per heavy atom. The summed E-state index contributed by atoms with van der Waals surface area (Å²) in [5.41, 5.74) is 7.80. The van der Waals surface area contributed by atoms with Crippen molar-refractivity contribution >= 4 is 11.5 Å². The topological polar surface area (TPSA) is 45.4 Å². The second kappa shape index (κ2) is 5.70.